The number of amides is 3. The van der Waals surface area contributed by atoms with Gasteiger partial charge in [-0.3, -0.25) is 14.4 Å². The summed E-state index contributed by atoms with van der Waals surface area (Å²) in [6.07, 6.45) is 1.50. The van der Waals surface area contributed by atoms with Gasteiger partial charge in [0.2, 0.25) is 17.7 Å². The maximum absolute atomic E-state index is 13.5. The molecule has 3 heterocycles. The summed E-state index contributed by atoms with van der Waals surface area (Å²) in [6, 6.07) is 6.43. The number of rotatable bonds is 8. The predicted molar refractivity (Wildman–Crippen MR) is 122 cm³/mol. The molecule has 3 aliphatic heterocycles. The fraction of sp³-hybridized carbons (Fsp3) is 0.609. The van der Waals surface area contributed by atoms with E-state index in [-0.39, 0.29) is 42.2 Å². The molecule has 1 aromatic carbocycles. The van der Waals surface area contributed by atoms with Gasteiger partial charge in [0.05, 0.1) is 29.8 Å². The monoisotopic (exact) mass is 461 g/mol. The van der Waals surface area contributed by atoms with E-state index < -0.39 is 22.6 Å². The van der Waals surface area contributed by atoms with Crippen LogP contribution in [0.5, 0.6) is 5.75 Å². The summed E-state index contributed by atoms with van der Waals surface area (Å²) in [7, 11) is 0. The molecule has 3 N–H and O–H groups in total. The van der Waals surface area contributed by atoms with Crippen LogP contribution >= 0.6 is 11.8 Å². The Balaban J connectivity index is 1.59. The summed E-state index contributed by atoms with van der Waals surface area (Å²) in [5.41, 5.74) is 0.645. The Bertz CT molecular complexity index is 892. The molecule has 5 atom stereocenters. The smallest absolute Gasteiger partial charge is 0.244 e. The van der Waals surface area contributed by atoms with Crippen LogP contribution in [0.4, 0.5) is 5.69 Å². The Kier molecular flexibility index (Phi) is 6.40. The van der Waals surface area contributed by atoms with Crippen molar-refractivity contribution in [3.63, 3.8) is 0 Å². The van der Waals surface area contributed by atoms with E-state index in [0.717, 1.165) is 12.2 Å². The van der Waals surface area contributed by atoms with Crippen molar-refractivity contribution in [1.82, 2.24) is 10.2 Å². The minimum atomic E-state index is -0.673. The zero-order chi connectivity index (χ0) is 23.0. The lowest BCUT2D eigenvalue weighted by atomic mass is 9.70. The Morgan fingerprint density at radius 2 is 2.00 bits per heavy atom. The number of likely N-dealkylation sites (tertiary alicyclic amines) is 1. The van der Waals surface area contributed by atoms with Crippen LogP contribution in [0.25, 0.3) is 0 Å². The average molecular weight is 462 g/mol. The third kappa shape index (κ3) is 3.75. The van der Waals surface area contributed by atoms with Crippen LogP contribution in [0.2, 0.25) is 0 Å². The van der Waals surface area contributed by atoms with E-state index in [1.54, 1.807) is 36.0 Å². The van der Waals surface area contributed by atoms with Crippen molar-refractivity contribution in [2.45, 2.75) is 55.7 Å². The Morgan fingerprint density at radius 1 is 1.28 bits per heavy atom. The summed E-state index contributed by atoms with van der Waals surface area (Å²) in [6.45, 7) is 6.10. The van der Waals surface area contributed by atoms with Gasteiger partial charge in [0, 0.05) is 23.5 Å². The van der Waals surface area contributed by atoms with E-state index in [4.69, 9.17) is 4.74 Å². The van der Waals surface area contributed by atoms with Gasteiger partial charge in [0.1, 0.15) is 11.8 Å². The largest absolute Gasteiger partial charge is 0.494 e. The number of thioether (sulfide) groups is 1. The maximum Gasteiger partial charge on any atom is 0.244 e. The topological polar surface area (TPSA) is 108 Å². The second-order valence-corrected chi connectivity index (χ2v) is 10.5. The standard InChI is InChI=1S/C23H31N3O5S/c1-4-31-15-7-5-14(6-8-15)25-20(28)17-16-9-10-23(32-16)18(17)22(30)26(11-12-27)19(23)21(29)24-13(2)3/h5-8,13,16-19,27H,4,9-12H2,1-3H3,(H,24,29)(H,25,28)/t16-,17+,18+,19?,23?/m1/s1. The van der Waals surface area contributed by atoms with Crippen molar-refractivity contribution < 1.29 is 24.2 Å². The Morgan fingerprint density at radius 3 is 2.62 bits per heavy atom. The number of aliphatic hydroxyl groups excluding tert-OH is 1. The molecule has 174 valence electrons. The second kappa shape index (κ2) is 8.94. The molecule has 0 aromatic heterocycles. The van der Waals surface area contributed by atoms with Gasteiger partial charge in [-0.05, 0) is 57.9 Å². The fourth-order valence-electron chi connectivity index (χ4n) is 5.49. The molecule has 1 aromatic rings. The molecular weight excluding hydrogens is 430 g/mol. The van der Waals surface area contributed by atoms with Crippen LogP contribution in [-0.4, -0.2) is 69.6 Å². The highest BCUT2D eigenvalue weighted by Crippen LogP contribution is 2.66. The molecule has 3 amide bonds. The number of β-amino-alcohol motifs (C(OH)–C–C–N with tert-alkyl or cyclic N) is 1. The first-order valence-corrected chi connectivity index (χ1v) is 12.1. The van der Waals surface area contributed by atoms with Crippen LogP contribution in [-0.2, 0) is 14.4 Å². The molecule has 3 saturated heterocycles. The van der Waals surface area contributed by atoms with Gasteiger partial charge in [-0.2, -0.15) is 0 Å². The highest BCUT2D eigenvalue weighted by Gasteiger charge is 2.73. The summed E-state index contributed by atoms with van der Waals surface area (Å²) in [4.78, 5) is 41.5. The first-order valence-electron chi connectivity index (χ1n) is 11.3. The predicted octanol–water partition coefficient (Wildman–Crippen LogP) is 1.63. The summed E-state index contributed by atoms with van der Waals surface area (Å²) in [5.74, 6) is -0.950. The van der Waals surface area contributed by atoms with E-state index in [1.165, 1.54) is 4.90 Å². The molecule has 3 aliphatic rings. The summed E-state index contributed by atoms with van der Waals surface area (Å²) >= 11 is 1.62. The van der Waals surface area contributed by atoms with E-state index in [0.29, 0.717) is 18.7 Å². The fourth-order valence-corrected chi connectivity index (χ4v) is 7.71. The first kappa shape index (κ1) is 22.9. The zero-order valence-electron chi connectivity index (χ0n) is 18.7. The molecule has 0 radical (unpaired) electrons. The number of anilines is 1. The minimum absolute atomic E-state index is 0.00252. The number of carbonyl (C=O) groups excluding carboxylic acids is 3. The average Bonchev–Trinajstić information content (AvgIpc) is 3.37. The van der Waals surface area contributed by atoms with E-state index in [9.17, 15) is 19.5 Å². The molecule has 1 spiro atoms. The number of fused-ring (bicyclic) bond motifs is 1. The summed E-state index contributed by atoms with van der Waals surface area (Å²) < 4.78 is 4.82. The number of hydrogen-bond acceptors (Lipinski definition) is 6. The third-order valence-corrected chi connectivity index (χ3v) is 8.51. The molecule has 9 heteroatoms. The van der Waals surface area contributed by atoms with Crippen LogP contribution in [0.15, 0.2) is 24.3 Å². The van der Waals surface area contributed by atoms with Gasteiger partial charge in [0.15, 0.2) is 0 Å². The molecule has 0 saturated carbocycles. The van der Waals surface area contributed by atoms with Crippen molar-refractivity contribution in [3.8, 4) is 5.75 Å². The highest BCUT2D eigenvalue weighted by atomic mass is 32.2. The van der Waals surface area contributed by atoms with Crippen LogP contribution < -0.4 is 15.4 Å². The molecular formula is C23H31N3O5S. The second-order valence-electron chi connectivity index (χ2n) is 8.92. The van der Waals surface area contributed by atoms with Gasteiger partial charge in [-0.15, -0.1) is 11.8 Å². The van der Waals surface area contributed by atoms with E-state index in [1.807, 2.05) is 20.8 Å². The maximum atomic E-state index is 13.5. The van der Waals surface area contributed by atoms with Crippen LogP contribution in [0.3, 0.4) is 0 Å². The SMILES string of the molecule is CCOc1ccc(NC(=O)[C@@H]2[C@H]3C(=O)N(CCO)C(C(=O)NC(C)C)C34CC[C@H]2S4)cc1. The number of carbonyl (C=O) groups is 3. The normalized spacial score (nSPS) is 30.5. The van der Waals surface area contributed by atoms with Crippen molar-refractivity contribution in [3.05, 3.63) is 24.3 Å². The molecule has 4 rings (SSSR count). The number of nitrogens with one attached hydrogen (secondary N) is 2. The lowest BCUT2D eigenvalue weighted by molar-refractivity contribution is -0.139. The molecule has 8 nitrogen and oxygen atoms in total. The lowest BCUT2D eigenvalue weighted by Crippen LogP contribution is -2.55. The Hall–Kier alpha value is -2.26. The number of aliphatic hydroxyl groups is 1. The lowest BCUT2D eigenvalue weighted by Gasteiger charge is -2.34. The molecule has 0 aliphatic carbocycles. The molecule has 3 fully saturated rings. The third-order valence-electron chi connectivity index (χ3n) is 6.56. The van der Waals surface area contributed by atoms with Gasteiger partial charge < -0.3 is 25.4 Å². The molecule has 2 bridgehead atoms. The minimum Gasteiger partial charge on any atom is -0.494 e. The first-order chi connectivity index (χ1) is 15.3. The summed E-state index contributed by atoms with van der Waals surface area (Å²) in [5, 5.41) is 15.5. The number of nitrogens with zero attached hydrogens (tertiary/aromatic N) is 1. The zero-order valence-corrected chi connectivity index (χ0v) is 19.5. The van der Waals surface area contributed by atoms with Crippen molar-refractivity contribution in [2.24, 2.45) is 11.8 Å². The Labute approximate surface area is 192 Å². The number of hydrogen-bond donors (Lipinski definition) is 3. The van der Waals surface area contributed by atoms with E-state index in [2.05, 4.69) is 10.6 Å². The quantitative estimate of drug-likeness (QED) is 0.543. The van der Waals surface area contributed by atoms with Gasteiger partial charge in [0.25, 0.3) is 0 Å². The van der Waals surface area contributed by atoms with E-state index >= 15 is 0 Å². The highest BCUT2D eigenvalue weighted by molar-refractivity contribution is 8.02. The van der Waals surface area contributed by atoms with Gasteiger partial charge in [-0.25, -0.2) is 0 Å². The van der Waals surface area contributed by atoms with Crippen molar-refractivity contribution >= 4 is 35.2 Å². The van der Waals surface area contributed by atoms with Crippen LogP contribution in [0.1, 0.15) is 33.6 Å². The van der Waals surface area contributed by atoms with Crippen molar-refractivity contribution in [1.29, 1.82) is 0 Å². The van der Waals surface area contributed by atoms with Crippen LogP contribution in [0, 0.1) is 11.8 Å². The number of ether oxygens (including phenoxy) is 1. The van der Waals surface area contributed by atoms with Crippen molar-refractivity contribution in [2.75, 3.05) is 25.1 Å². The van der Waals surface area contributed by atoms with Gasteiger partial charge in [-0.1, -0.05) is 0 Å². The van der Waals surface area contributed by atoms with Gasteiger partial charge >= 0.3 is 0 Å². The number of benzene rings is 1. The molecule has 2 unspecified atom stereocenters. The molecule has 32 heavy (non-hydrogen) atoms.